The van der Waals surface area contributed by atoms with Gasteiger partial charge in [0.2, 0.25) is 0 Å². The highest BCUT2D eigenvalue weighted by Crippen LogP contribution is 2.24. The summed E-state index contributed by atoms with van der Waals surface area (Å²) in [5, 5.41) is 0.681. The van der Waals surface area contributed by atoms with Crippen LogP contribution in [-0.4, -0.2) is 19.1 Å². The number of ether oxygens (including phenoxy) is 1. The summed E-state index contributed by atoms with van der Waals surface area (Å²) in [5.74, 6) is -0.494. The third kappa shape index (κ3) is 2.74. The third-order valence-electron chi connectivity index (χ3n) is 2.73. The number of methoxy groups -OCH3 is 1. The van der Waals surface area contributed by atoms with E-state index in [1.54, 1.807) is 6.07 Å². The Kier molecular flexibility index (Phi) is 4.33. The van der Waals surface area contributed by atoms with Gasteiger partial charge in [0.25, 0.3) is 0 Å². The van der Waals surface area contributed by atoms with Gasteiger partial charge < -0.3 is 10.5 Å². The maximum atomic E-state index is 11.3. The van der Waals surface area contributed by atoms with Crippen molar-refractivity contribution in [3.63, 3.8) is 0 Å². The van der Waals surface area contributed by atoms with E-state index in [4.69, 9.17) is 17.3 Å². The number of hydrogen-bond acceptors (Lipinski definition) is 3. The van der Waals surface area contributed by atoms with Crippen LogP contribution in [0.5, 0.6) is 0 Å². The fraction of sp³-hybridized carbons (Fsp3) is 0.417. The Bertz CT molecular complexity index is 393. The van der Waals surface area contributed by atoms with Crippen LogP contribution in [0.2, 0.25) is 5.02 Å². The smallest absolute Gasteiger partial charge is 0.323 e. The highest BCUT2D eigenvalue weighted by Gasteiger charge is 2.23. The van der Waals surface area contributed by atoms with E-state index in [9.17, 15) is 4.79 Å². The van der Waals surface area contributed by atoms with Gasteiger partial charge in [0.15, 0.2) is 0 Å². The minimum absolute atomic E-state index is 0.0929. The lowest BCUT2D eigenvalue weighted by Crippen LogP contribution is -2.36. The van der Waals surface area contributed by atoms with E-state index >= 15 is 0 Å². The Morgan fingerprint density at radius 1 is 1.50 bits per heavy atom. The van der Waals surface area contributed by atoms with Crippen molar-refractivity contribution < 1.29 is 9.53 Å². The molecule has 0 aliphatic heterocycles. The minimum atomic E-state index is -0.648. The molecule has 0 aliphatic carbocycles. The summed E-state index contributed by atoms with van der Waals surface area (Å²) in [6, 6.07) is 4.90. The molecular formula is C12H16ClNO2. The highest BCUT2D eigenvalue weighted by atomic mass is 35.5. The van der Waals surface area contributed by atoms with Gasteiger partial charge in [-0.25, -0.2) is 0 Å². The first-order valence-electron chi connectivity index (χ1n) is 5.06. The second-order valence-electron chi connectivity index (χ2n) is 3.84. The monoisotopic (exact) mass is 241 g/mol. The quantitative estimate of drug-likeness (QED) is 0.826. The Morgan fingerprint density at radius 2 is 2.12 bits per heavy atom. The van der Waals surface area contributed by atoms with Gasteiger partial charge in [-0.1, -0.05) is 24.6 Å². The van der Waals surface area contributed by atoms with E-state index in [1.807, 2.05) is 26.0 Å². The van der Waals surface area contributed by atoms with Crippen LogP contribution < -0.4 is 5.73 Å². The van der Waals surface area contributed by atoms with E-state index in [0.717, 1.165) is 11.1 Å². The molecule has 0 amide bonds. The van der Waals surface area contributed by atoms with Crippen LogP contribution in [0.1, 0.15) is 24.0 Å². The molecule has 2 atom stereocenters. The molecule has 0 aliphatic rings. The zero-order valence-electron chi connectivity index (χ0n) is 9.66. The van der Waals surface area contributed by atoms with Crippen molar-refractivity contribution in [1.29, 1.82) is 0 Å². The van der Waals surface area contributed by atoms with Gasteiger partial charge in [-0.2, -0.15) is 0 Å². The summed E-state index contributed by atoms with van der Waals surface area (Å²) >= 11 is 5.87. The first-order chi connectivity index (χ1) is 7.47. The van der Waals surface area contributed by atoms with Crippen molar-refractivity contribution in [2.24, 2.45) is 5.73 Å². The SMILES string of the molecule is COC(=O)C(N)C(C)c1ccc(Cl)cc1C. The van der Waals surface area contributed by atoms with Crippen LogP contribution in [0.4, 0.5) is 0 Å². The molecule has 0 radical (unpaired) electrons. The predicted molar refractivity (Wildman–Crippen MR) is 64.6 cm³/mol. The molecule has 16 heavy (non-hydrogen) atoms. The van der Waals surface area contributed by atoms with Crippen LogP contribution in [-0.2, 0) is 9.53 Å². The van der Waals surface area contributed by atoms with Crippen molar-refractivity contribution in [2.45, 2.75) is 25.8 Å². The lowest BCUT2D eigenvalue weighted by atomic mass is 9.90. The van der Waals surface area contributed by atoms with Crippen molar-refractivity contribution in [2.75, 3.05) is 7.11 Å². The number of nitrogens with two attached hydrogens (primary N) is 1. The third-order valence-corrected chi connectivity index (χ3v) is 2.97. The summed E-state index contributed by atoms with van der Waals surface area (Å²) in [7, 11) is 1.34. The lowest BCUT2D eigenvalue weighted by molar-refractivity contribution is -0.142. The van der Waals surface area contributed by atoms with Gasteiger partial charge in [-0.15, -0.1) is 0 Å². The highest BCUT2D eigenvalue weighted by molar-refractivity contribution is 6.30. The maximum absolute atomic E-state index is 11.3. The lowest BCUT2D eigenvalue weighted by Gasteiger charge is -2.20. The van der Waals surface area contributed by atoms with E-state index < -0.39 is 12.0 Å². The Balaban J connectivity index is 2.96. The summed E-state index contributed by atoms with van der Waals surface area (Å²) in [6.45, 7) is 3.85. The number of hydrogen-bond donors (Lipinski definition) is 1. The number of aryl methyl sites for hydroxylation is 1. The minimum Gasteiger partial charge on any atom is -0.468 e. The van der Waals surface area contributed by atoms with Gasteiger partial charge in [0.05, 0.1) is 7.11 Å². The molecule has 0 saturated heterocycles. The molecule has 0 saturated carbocycles. The van der Waals surface area contributed by atoms with Crippen LogP contribution >= 0.6 is 11.6 Å². The van der Waals surface area contributed by atoms with Crippen LogP contribution in [0, 0.1) is 6.92 Å². The fourth-order valence-corrected chi connectivity index (χ4v) is 1.91. The molecule has 0 aromatic heterocycles. The number of benzene rings is 1. The average Bonchev–Trinajstić information content (AvgIpc) is 2.26. The Morgan fingerprint density at radius 3 is 2.62 bits per heavy atom. The zero-order chi connectivity index (χ0) is 12.3. The van der Waals surface area contributed by atoms with Gasteiger partial charge in [-0.3, -0.25) is 4.79 Å². The van der Waals surface area contributed by atoms with Crippen molar-refractivity contribution in [3.8, 4) is 0 Å². The zero-order valence-corrected chi connectivity index (χ0v) is 10.4. The molecule has 88 valence electrons. The van der Waals surface area contributed by atoms with E-state index in [2.05, 4.69) is 4.74 Å². The van der Waals surface area contributed by atoms with Crippen molar-refractivity contribution >= 4 is 17.6 Å². The average molecular weight is 242 g/mol. The van der Waals surface area contributed by atoms with Gasteiger partial charge in [0.1, 0.15) is 6.04 Å². The van der Waals surface area contributed by atoms with E-state index in [0.29, 0.717) is 5.02 Å². The van der Waals surface area contributed by atoms with Gasteiger partial charge in [0, 0.05) is 10.9 Å². The molecule has 3 nitrogen and oxygen atoms in total. The Labute approximate surface area is 101 Å². The van der Waals surface area contributed by atoms with Crippen LogP contribution in [0.25, 0.3) is 0 Å². The molecular weight excluding hydrogens is 226 g/mol. The number of carbonyl (C=O) groups excluding carboxylic acids is 1. The van der Waals surface area contributed by atoms with Crippen molar-refractivity contribution in [1.82, 2.24) is 0 Å². The molecule has 0 fully saturated rings. The predicted octanol–water partition coefficient (Wildman–Crippen LogP) is 2.25. The van der Waals surface area contributed by atoms with E-state index in [-0.39, 0.29) is 5.92 Å². The molecule has 2 unspecified atom stereocenters. The number of carbonyl (C=O) groups is 1. The molecule has 0 bridgehead atoms. The fourth-order valence-electron chi connectivity index (χ4n) is 1.68. The molecule has 1 aromatic carbocycles. The van der Waals surface area contributed by atoms with Gasteiger partial charge >= 0.3 is 5.97 Å². The summed E-state index contributed by atoms with van der Waals surface area (Å²) < 4.78 is 4.63. The number of rotatable bonds is 3. The standard InChI is InChI=1S/C12H16ClNO2/c1-7-6-9(13)4-5-10(7)8(2)11(14)12(15)16-3/h4-6,8,11H,14H2,1-3H3. The second-order valence-corrected chi connectivity index (χ2v) is 4.27. The van der Waals surface area contributed by atoms with Crippen LogP contribution in [0.3, 0.4) is 0 Å². The maximum Gasteiger partial charge on any atom is 0.323 e. The largest absolute Gasteiger partial charge is 0.468 e. The number of esters is 1. The second kappa shape index (κ2) is 5.32. The number of halogens is 1. The molecule has 4 heteroatoms. The molecule has 1 aromatic rings. The molecule has 0 heterocycles. The molecule has 0 spiro atoms. The first kappa shape index (κ1) is 13.0. The summed E-state index contributed by atoms with van der Waals surface area (Å²) in [6.07, 6.45) is 0. The van der Waals surface area contributed by atoms with Crippen LogP contribution in [0.15, 0.2) is 18.2 Å². The molecule has 2 N–H and O–H groups in total. The Hall–Kier alpha value is -1.06. The van der Waals surface area contributed by atoms with Gasteiger partial charge in [-0.05, 0) is 30.2 Å². The summed E-state index contributed by atoms with van der Waals surface area (Å²) in [5.41, 5.74) is 7.85. The topological polar surface area (TPSA) is 52.3 Å². The first-order valence-corrected chi connectivity index (χ1v) is 5.44. The van der Waals surface area contributed by atoms with Crippen molar-refractivity contribution in [3.05, 3.63) is 34.3 Å². The summed E-state index contributed by atoms with van der Waals surface area (Å²) in [4.78, 5) is 11.3. The molecule has 1 rings (SSSR count). The van der Waals surface area contributed by atoms with E-state index in [1.165, 1.54) is 7.11 Å². The normalized spacial score (nSPS) is 14.3.